The topological polar surface area (TPSA) is 123 Å². The predicted octanol–water partition coefficient (Wildman–Crippen LogP) is 3.78. The molecule has 0 spiro atoms. The van der Waals surface area contributed by atoms with Crippen LogP contribution in [0, 0.1) is 10.4 Å². The molecule has 0 aromatic heterocycles. The van der Waals surface area contributed by atoms with E-state index < -0.39 is 15.7 Å². The summed E-state index contributed by atoms with van der Waals surface area (Å²) in [5, 5.41) is 16.6. The molecular formula is C30H20N2O6S. The molecule has 0 saturated carbocycles. The largest absolute Gasteiger partial charge is 0.506 e. The van der Waals surface area contributed by atoms with Crippen molar-refractivity contribution in [2.24, 2.45) is 0 Å². The summed E-state index contributed by atoms with van der Waals surface area (Å²) in [5.41, 5.74) is 0.866. The molecule has 0 atom stereocenters. The van der Waals surface area contributed by atoms with Crippen LogP contribution in [0.15, 0.2) is 105 Å². The minimum absolute atomic E-state index is 0.00793. The lowest BCUT2D eigenvalue weighted by Gasteiger charge is -2.13. The molecule has 0 radical (unpaired) electrons. The highest BCUT2D eigenvalue weighted by atomic mass is 32.2. The first-order valence-electron chi connectivity index (χ1n) is 11.9. The lowest BCUT2D eigenvalue weighted by molar-refractivity contribution is 0.398. The number of aliphatic hydroxyl groups is 1. The third kappa shape index (κ3) is 3.96. The SMILES string of the molecule is COS(=O)(=O)c1ccc(Nc2ccc3nc(=O)c(=C(O)c4ccccc4)c4c5ccccc5c(=O)c2c3=4)cc1. The molecule has 6 rings (SSSR count). The fraction of sp³-hybridized carbons (Fsp3) is 0.0333. The van der Waals surface area contributed by atoms with Crippen molar-refractivity contribution in [1.29, 1.82) is 0 Å². The molecule has 192 valence electrons. The number of fused-ring (bicyclic) bond motifs is 2. The summed E-state index contributed by atoms with van der Waals surface area (Å²) < 4.78 is 28.6. The van der Waals surface area contributed by atoms with Crippen molar-refractivity contribution < 1.29 is 17.7 Å². The summed E-state index contributed by atoms with van der Waals surface area (Å²) in [6, 6.07) is 24.8. The third-order valence-corrected chi connectivity index (χ3v) is 8.00. The van der Waals surface area contributed by atoms with Crippen LogP contribution in [0.2, 0.25) is 0 Å². The first kappa shape index (κ1) is 24.5. The van der Waals surface area contributed by atoms with Crippen molar-refractivity contribution >= 4 is 48.9 Å². The van der Waals surface area contributed by atoms with Gasteiger partial charge in [0.25, 0.3) is 15.7 Å². The van der Waals surface area contributed by atoms with E-state index in [4.69, 9.17) is 0 Å². The zero-order valence-corrected chi connectivity index (χ0v) is 21.3. The molecule has 4 aromatic carbocycles. The second-order valence-corrected chi connectivity index (χ2v) is 10.6. The zero-order chi connectivity index (χ0) is 27.3. The van der Waals surface area contributed by atoms with Crippen LogP contribution < -0.4 is 21.5 Å². The minimum atomic E-state index is -3.85. The Balaban J connectivity index is 1.73. The molecule has 0 fully saturated rings. The van der Waals surface area contributed by atoms with Gasteiger partial charge in [-0.25, -0.2) is 4.98 Å². The standard InChI is InChI=1S/C30H20N2O6S/c1-38-39(36,37)19-13-11-18(12-14-19)31-23-16-15-22-25-24(20-9-5-6-10-21(20)29(34)26(23)25)27(30(35)32-22)28(33)17-7-3-2-4-8-17/h2-16,31,33H,1H3. The average Bonchev–Trinajstić information content (AvgIpc) is 2.96. The number of hydrogen-bond donors (Lipinski definition) is 2. The molecular weight excluding hydrogens is 516 g/mol. The fourth-order valence-corrected chi connectivity index (χ4v) is 5.56. The van der Waals surface area contributed by atoms with Gasteiger partial charge in [0, 0.05) is 27.1 Å². The van der Waals surface area contributed by atoms with E-state index in [2.05, 4.69) is 14.5 Å². The number of nitrogens with zero attached hydrogens (tertiary/aromatic N) is 1. The van der Waals surface area contributed by atoms with Gasteiger partial charge in [0.2, 0.25) is 0 Å². The number of rotatable bonds is 5. The third-order valence-electron chi connectivity index (χ3n) is 6.71. The van der Waals surface area contributed by atoms with Crippen molar-refractivity contribution in [3.8, 4) is 0 Å². The van der Waals surface area contributed by atoms with Gasteiger partial charge in [-0.2, -0.15) is 8.42 Å². The molecule has 9 heteroatoms. The van der Waals surface area contributed by atoms with Gasteiger partial charge in [-0.15, -0.1) is 0 Å². The summed E-state index contributed by atoms with van der Waals surface area (Å²) in [6.07, 6.45) is 0. The summed E-state index contributed by atoms with van der Waals surface area (Å²) in [7, 11) is -2.77. The molecule has 39 heavy (non-hydrogen) atoms. The number of aromatic nitrogens is 1. The molecule has 0 bridgehead atoms. The molecule has 2 aliphatic rings. The van der Waals surface area contributed by atoms with E-state index in [0.29, 0.717) is 49.1 Å². The van der Waals surface area contributed by atoms with E-state index in [1.165, 1.54) is 12.1 Å². The Morgan fingerprint density at radius 3 is 2.18 bits per heavy atom. The lowest BCUT2D eigenvalue weighted by atomic mass is 9.96. The van der Waals surface area contributed by atoms with Crippen LogP contribution >= 0.6 is 0 Å². The highest BCUT2D eigenvalue weighted by Gasteiger charge is 2.18. The molecule has 0 unspecified atom stereocenters. The highest BCUT2D eigenvalue weighted by molar-refractivity contribution is 7.86. The Labute approximate surface area is 221 Å². The fourth-order valence-electron chi connectivity index (χ4n) is 4.89. The maximum atomic E-state index is 13.9. The number of benzene rings is 4. The van der Waals surface area contributed by atoms with Crippen LogP contribution in [0.4, 0.5) is 11.4 Å². The Kier molecular flexibility index (Phi) is 5.75. The Morgan fingerprint density at radius 1 is 0.821 bits per heavy atom. The maximum absolute atomic E-state index is 13.9. The summed E-state index contributed by atoms with van der Waals surface area (Å²) in [6.45, 7) is 0. The van der Waals surface area contributed by atoms with E-state index in [9.17, 15) is 23.1 Å². The normalized spacial score (nSPS) is 12.7. The zero-order valence-electron chi connectivity index (χ0n) is 20.5. The quantitative estimate of drug-likeness (QED) is 0.319. The monoisotopic (exact) mass is 536 g/mol. The van der Waals surface area contributed by atoms with Crippen molar-refractivity contribution in [1.82, 2.24) is 4.98 Å². The first-order valence-corrected chi connectivity index (χ1v) is 13.3. The second kappa shape index (κ2) is 9.16. The number of anilines is 2. The van der Waals surface area contributed by atoms with Crippen LogP contribution in [-0.4, -0.2) is 25.6 Å². The molecule has 8 nitrogen and oxygen atoms in total. The molecule has 0 amide bonds. The number of aliphatic hydroxyl groups excluding tert-OH is 1. The lowest BCUT2D eigenvalue weighted by Crippen LogP contribution is -2.33. The molecule has 1 aliphatic heterocycles. The summed E-state index contributed by atoms with van der Waals surface area (Å²) in [5.74, 6) is -0.228. The van der Waals surface area contributed by atoms with Crippen LogP contribution in [0.25, 0.3) is 27.4 Å². The summed E-state index contributed by atoms with van der Waals surface area (Å²) in [4.78, 5) is 31.4. The Bertz CT molecular complexity index is 2240. The van der Waals surface area contributed by atoms with Gasteiger partial charge in [0.05, 0.1) is 33.8 Å². The van der Waals surface area contributed by atoms with Gasteiger partial charge in [-0.05, 0) is 41.8 Å². The smallest absolute Gasteiger partial charge is 0.296 e. The van der Waals surface area contributed by atoms with E-state index in [1.807, 2.05) is 0 Å². The van der Waals surface area contributed by atoms with E-state index in [1.54, 1.807) is 78.9 Å². The van der Waals surface area contributed by atoms with Gasteiger partial charge in [0.1, 0.15) is 5.76 Å². The van der Waals surface area contributed by atoms with Gasteiger partial charge in [-0.1, -0.05) is 54.6 Å². The van der Waals surface area contributed by atoms with Crippen molar-refractivity contribution in [3.63, 3.8) is 0 Å². The highest BCUT2D eigenvalue weighted by Crippen LogP contribution is 2.27. The van der Waals surface area contributed by atoms with E-state index >= 15 is 0 Å². The van der Waals surface area contributed by atoms with E-state index in [-0.39, 0.29) is 21.3 Å². The average molecular weight is 537 g/mol. The Morgan fingerprint density at radius 2 is 1.49 bits per heavy atom. The molecule has 1 aliphatic carbocycles. The molecule has 4 aromatic rings. The summed E-state index contributed by atoms with van der Waals surface area (Å²) >= 11 is 0. The van der Waals surface area contributed by atoms with E-state index in [0.717, 1.165) is 7.11 Å². The van der Waals surface area contributed by atoms with Gasteiger partial charge in [-0.3, -0.25) is 13.8 Å². The van der Waals surface area contributed by atoms with Crippen molar-refractivity contribution in [2.75, 3.05) is 12.4 Å². The number of nitrogens with one attached hydrogen (secondary N) is 1. The first-order chi connectivity index (χ1) is 18.8. The van der Waals surface area contributed by atoms with Crippen LogP contribution in [0.1, 0.15) is 5.56 Å². The van der Waals surface area contributed by atoms with Crippen molar-refractivity contribution in [2.45, 2.75) is 4.90 Å². The number of hydrogen-bond acceptors (Lipinski definition) is 8. The molecule has 0 saturated heterocycles. The van der Waals surface area contributed by atoms with Crippen molar-refractivity contribution in [3.05, 3.63) is 133 Å². The van der Waals surface area contributed by atoms with Gasteiger partial charge in [0.15, 0.2) is 5.43 Å². The van der Waals surface area contributed by atoms with Gasteiger partial charge >= 0.3 is 0 Å². The second-order valence-electron chi connectivity index (χ2n) is 8.91. The van der Waals surface area contributed by atoms with Gasteiger partial charge < -0.3 is 10.4 Å². The molecule has 1 heterocycles. The minimum Gasteiger partial charge on any atom is -0.506 e. The Hall–Kier alpha value is -4.86. The maximum Gasteiger partial charge on any atom is 0.296 e. The molecule has 2 N–H and O–H groups in total. The van der Waals surface area contributed by atoms with Crippen LogP contribution in [0.5, 0.6) is 0 Å². The van der Waals surface area contributed by atoms with Crippen LogP contribution in [-0.2, 0) is 14.3 Å². The van der Waals surface area contributed by atoms with Crippen LogP contribution in [0.3, 0.4) is 0 Å². The predicted molar refractivity (Wildman–Crippen MR) is 149 cm³/mol.